The molecule has 2 nitrogen and oxygen atoms in total. The maximum absolute atomic E-state index is 10.6. The first kappa shape index (κ1) is 16.5. The Balaban J connectivity index is 3.28. The molecular formula is C15H30O2. The Morgan fingerprint density at radius 1 is 0.941 bits per heavy atom. The van der Waals surface area contributed by atoms with Crippen molar-refractivity contribution in [2.75, 3.05) is 0 Å². The zero-order chi connectivity index (χ0) is 12.9. The molecule has 1 unspecified atom stereocenters. The van der Waals surface area contributed by atoms with Crippen LogP contribution in [-0.2, 0) is 4.79 Å². The molecule has 0 aromatic rings. The maximum atomic E-state index is 10.6. The third-order valence-corrected chi connectivity index (χ3v) is 3.51. The van der Waals surface area contributed by atoms with Crippen molar-refractivity contribution in [1.82, 2.24) is 0 Å². The van der Waals surface area contributed by atoms with Crippen LogP contribution in [0.5, 0.6) is 0 Å². The zero-order valence-corrected chi connectivity index (χ0v) is 11.7. The van der Waals surface area contributed by atoms with E-state index in [4.69, 9.17) is 5.11 Å². The molecule has 1 atom stereocenters. The molecule has 0 bridgehead atoms. The van der Waals surface area contributed by atoms with Gasteiger partial charge in [0, 0.05) is 6.42 Å². The number of carbonyl (C=O) groups is 1. The zero-order valence-electron chi connectivity index (χ0n) is 11.7. The van der Waals surface area contributed by atoms with Crippen molar-refractivity contribution in [2.24, 2.45) is 5.92 Å². The third kappa shape index (κ3) is 11.7. The number of aliphatic carboxylic acids is 1. The van der Waals surface area contributed by atoms with Gasteiger partial charge in [0.15, 0.2) is 0 Å². The van der Waals surface area contributed by atoms with E-state index in [1.54, 1.807) is 0 Å². The number of hydrogen-bond acceptors (Lipinski definition) is 1. The molecule has 0 aliphatic heterocycles. The van der Waals surface area contributed by atoms with E-state index in [2.05, 4.69) is 13.8 Å². The number of rotatable bonds is 12. The van der Waals surface area contributed by atoms with Crippen LogP contribution in [0.3, 0.4) is 0 Å². The van der Waals surface area contributed by atoms with Crippen LogP contribution in [0, 0.1) is 5.92 Å². The standard InChI is InChI=1S/C15H30O2/c1-3-5-6-7-8-9-10-11-12-14(4-2)13-15(16)17/h14H,3-13H2,1-2H3,(H,16,17). The van der Waals surface area contributed by atoms with Crippen molar-refractivity contribution >= 4 is 5.97 Å². The summed E-state index contributed by atoms with van der Waals surface area (Å²) >= 11 is 0. The number of hydrogen-bond donors (Lipinski definition) is 1. The van der Waals surface area contributed by atoms with Gasteiger partial charge in [-0.2, -0.15) is 0 Å². The summed E-state index contributed by atoms with van der Waals surface area (Å²) in [7, 11) is 0. The Morgan fingerprint density at radius 3 is 1.94 bits per heavy atom. The lowest BCUT2D eigenvalue weighted by Crippen LogP contribution is -2.06. The molecule has 17 heavy (non-hydrogen) atoms. The fourth-order valence-corrected chi connectivity index (χ4v) is 2.26. The predicted octanol–water partition coefficient (Wildman–Crippen LogP) is 5.02. The summed E-state index contributed by atoms with van der Waals surface area (Å²) in [4.78, 5) is 10.6. The molecule has 0 aliphatic rings. The highest BCUT2D eigenvalue weighted by molar-refractivity contribution is 5.66. The topological polar surface area (TPSA) is 37.3 Å². The Labute approximate surface area is 107 Å². The first-order valence-electron chi connectivity index (χ1n) is 7.42. The van der Waals surface area contributed by atoms with Crippen LogP contribution in [-0.4, -0.2) is 11.1 Å². The van der Waals surface area contributed by atoms with Crippen molar-refractivity contribution in [2.45, 2.75) is 84.5 Å². The van der Waals surface area contributed by atoms with Crippen molar-refractivity contribution in [3.63, 3.8) is 0 Å². The van der Waals surface area contributed by atoms with Gasteiger partial charge >= 0.3 is 5.97 Å². The van der Waals surface area contributed by atoms with Gasteiger partial charge in [-0.05, 0) is 12.3 Å². The number of carboxylic acids is 1. The van der Waals surface area contributed by atoms with E-state index in [1.807, 2.05) is 0 Å². The Kier molecular flexibility index (Phi) is 11.6. The summed E-state index contributed by atoms with van der Waals surface area (Å²) in [5.41, 5.74) is 0. The summed E-state index contributed by atoms with van der Waals surface area (Å²) < 4.78 is 0. The summed E-state index contributed by atoms with van der Waals surface area (Å²) in [6, 6.07) is 0. The molecule has 102 valence electrons. The van der Waals surface area contributed by atoms with Crippen LogP contribution in [0.25, 0.3) is 0 Å². The third-order valence-electron chi connectivity index (χ3n) is 3.51. The lowest BCUT2D eigenvalue weighted by Gasteiger charge is -2.11. The molecular weight excluding hydrogens is 212 g/mol. The number of unbranched alkanes of at least 4 members (excludes halogenated alkanes) is 7. The molecule has 0 spiro atoms. The highest BCUT2D eigenvalue weighted by Crippen LogP contribution is 2.18. The minimum Gasteiger partial charge on any atom is -0.481 e. The lowest BCUT2D eigenvalue weighted by atomic mass is 9.95. The van der Waals surface area contributed by atoms with Crippen LogP contribution in [0.1, 0.15) is 84.5 Å². The van der Waals surface area contributed by atoms with Crippen molar-refractivity contribution in [3.05, 3.63) is 0 Å². The predicted molar refractivity (Wildman–Crippen MR) is 73.3 cm³/mol. The average molecular weight is 242 g/mol. The first-order valence-corrected chi connectivity index (χ1v) is 7.42. The minimum atomic E-state index is -0.642. The Morgan fingerprint density at radius 2 is 1.47 bits per heavy atom. The van der Waals surface area contributed by atoms with E-state index < -0.39 is 5.97 Å². The molecule has 0 aromatic heterocycles. The quantitative estimate of drug-likeness (QED) is 0.488. The SMILES string of the molecule is CCCCCCCCCCC(CC)CC(=O)O. The van der Waals surface area contributed by atoms with Gasteiger partial charge in [-0.25, -0.2) is 0 Å². The fraction of sp³-hybridized carbons (Fsp3) is 0.933. The first-order chi connectivity index (χ1) is 8.20. The van der Waals surface area contributed by atoms with Crippen LogP contribution in [0.4, 0.5) is 0 Å². The molecule has 2 heteroatoms. The van der Waals surface area contributed by atoms with Crippen LogP contribution < -0.4 is 0 Å². The van der Waals surface area contributed by atoms with Crippen molar-refractivity contribution in [1.29, 1.82) is 0 Å². The minimum absolute atomic E-state index is 0.354. The van der Waals surface area contributed by atoms with Gasteiger partial charge in [0.25, 0.3) is 0 Å². The smallest absolute Gasteiger partial charge is 0.303 e. The second-order valence-corrected chi connectivity index (χ2v) is 5.14. The molecule has 0 radical (unpaired) electrons. The second kappa shape index (κ2) is 11.9. The van der Waals surface area contributed by atoms with Gasteiger partial charge in [-0.15, -0.1) is 0 Å². The summed E-state index contributed by atoms with van der Waals surface area (Å²) in [6.07, 6.45) is 13.1. The van der Waals surface area contributed by atoms with Gasteiger partial charge in [-0.1, -0.05) is 71.6 Å². The molecule has 1 N–H and O–H groups in total. The van der Waals surface area contributed by atoms with Crippen LogP contribution in [0.15, 0.2) is 0 Å². The summed E-state index contributed by atoms with van der Waals surface area (Å²) in [5, 5.41) is 8.74. The van der Waals surface area contributed by atoms with E-state index in [1.165, 1.54) is 51.4 Å². The van der Waals surface area contributed by atoms with Gasteiger partial charge in [-0.3, -0.25) is 4.79 Å². The largest absolute Gasteiger partial charge is 0.481 e. The Hall–Kier alpha value is -0.530. The molecule has 0 aromatic carbocycles. The average Bonchev–Trinajstić information content (AvgIpc) is 2.30. The molecule has 0 amide bonds. The Bertz CT molecular complexity index is 178. The summed E-state index contributed by atoms with van der Waals surface area (Å²) in [6.45, 7) is 4.34. The normalized spacial score (nSPS) is 12.6. The molecule has 0 rings (SSSR count). The van der Waals surface area contributed by atoms with Gasteiger partial charge < -0.3 is 5.11 Å². The fourth-order valence-electron chi connectivity index (χ4n) is 2.26. The van der Waals surface area contributed by atoms with E-state index in [0.717, 1.165) is 12.8 Å². The molecule has 0 fully saturated rings. The van der Waals surface area contributed by atoms with E-state index in [9.17, 15) is 4.79 Å². The maximum Gasteiger partial charge on any atom is 0.303 e. The van der Waals surface area contributed by atoms with Crippen LogP contribution >= 0.6 is 0 Å². The van der Waals surface area contributed by atoms with E-state index in [0.29, 0.717) is 12.3 Å². The molecule has 0 saturated carbocycles. The van der Waals surface area contributed by atoms with Crippen molar-refractivity contribution in [3.8, 4) is 0 Å². The summed E-state index contributed by atoms with van der Waals surface area (Å²) in [5.74, 6) is -0.246. The van der Waals surface area contributed by atoms with E-state index in [-0.39, 0.29) is 0 Å². The monoisotopic (exact) mass is 242 g/mol. The number of carboxylic acid groups (broad SMARTS) is 1. The van der Waals surface area contributed by atoms with Gasteiger partial charge in [0.1, 0.15) is 0 Å². The lowest BCUT2D eigenvalue weighted by molar-refractivity contribution is -0.138. The highest BCUT2D eigenvalue weighted by Gasteiger charge is 2.10. The second-order valence-electron chi connectivity index (χ2n) is 5.14. The molecule has 0 aliphatic carbocycles. The van der Waals surface area contributed by atoms with Crippen molar-refractivity contribution < 1.29 is 9.90 Å². The van der Waals surface area contributed by atoms with Crippen LogP contribution in [0.2, 0.25) is 0 Å². The highest BCUT2D eigenvalue weighted by atomic mass is 16.4. The van der Waals surface area contributed by atoms with E-state index >= 15 is 0 Å². The van der Waals surface area contributed by atoms with Gasteiger partial charge in [0.2, 0.25) is 0 Å². The van der Waals surface area contributed by atoms with Gasteiger partial charge in [0.05, 0.1) is 0 Å². The molecule has 0 saturated heterocycles. The molecule has 0 heterocycles.